The number of aryl methyl sites for hydroxylation is 1. The number of ether oxygens (including phenoxy) is 2. The zero-order valence-electron chi connectivity index (χ0n) is 15.8. The molecule has 0 fully saturated rings. The molecular formula is C19H24N2O5S. The average Bonchev–Trinajstić information content (AvgIpc) is 2.62. The van der Waals surface area contributed by atoms with Gasteiger partial charge in [-0.25, -0.2) is 8.42 Å². The van der Waals surface area contributed by atoms with E-state index >= 15 is 0 Å². The predicted octanol–water partition coefficient (Wildman–Crippen LogP) is 2.36. The van der Waals surface area contributed by atoms with Crippen molar-refractivity contribution in [2.45, 2.75) is 13.3 Å². The number of sulfonamides is 1. The van der Waals surface area contributed by atoms with Gasteiger partial charge in [0.2, 0.25) is 10.0 Å². The Balaban J connectivity index is 2.01. The maximum Gasteiger partial charge on any atom is 0.251 e. The van der Waals surface area contributed by atoms with Gasteiger partial charge in [-0.3, -0.25) is 9.52 Å². The minimum atomic E-state index is -3.41. The first-order valence-corrected chi connectivity index (χ1v) is 10.2. The minimum absolute atomic E-state index is 0.271. The molecule has 0 atom stereocenters. The first kappa shape index (κ1) is 20.6. The fourth-order valence-corrected chi connectivity index (χ4v) is 3.15. The van der Waals surface area contributed by atoms with Crippen molar-refractivity contribution in [1.29, 1.82) is 0 Å². The second-order valence-electron chi connectivity index (χ2n) is 6.10. The van der Waals surface area contributed by atoms with Crippen molar-refractivity contribution in [3.63, 3.8) is 0 Å². The number of carbonyl (C=O) groups excluding carboxylic acids is 1. The summed E-state index contributed by atoms with van der Waals surface area (Å²) in [5, 5.41) is 2.83. The molecule has 0 aliphatic heterocycles. The highest BCUT2D eigenvalue weighted by Crippen LogP contribution is 2.27. The van der Waals surface area contributed by atoms with E-state index in [9.17, 15) is 13.2 Å². The van der Waals surface area contributed by atoms with Crippen LogP contribution in [0.5, 0.6) is 11.5 Å². The van der Waals surface area contributed by atoms with Gasteiger partial charge in [-0.1, -0.05) is 12.1 Å². The highest BCUT2D eigenvalue weighted by Gasteiger charge is 2.11. The molecule has 146 valence electrons. The van der Waals surface area contributed by atoms with Crippen molar-refractivity contribution in [3.8, 4) is 11.5 Å². The molecule has 2 aromatic rings. The smallest absolute Gasteiger partial charge is 0.251 e. The summed E-state index contributed by atoms with van der Waals surface area (Å²) < 4.78 is 35.7. The molecule has 0 aliphatic carbocycles. The Labute approximate surface area is 159 Å². The number of anilines is 1. The number of benzene rings is 2. The van der Waals surface area contributed by atoms with Crippen molar-refractivity contribution < 1.29 is 22.7 Å². The van der Waals surface area contributed by atoms with Crippen LogP contribution in [0.25, 0.3) is 0 Å². The van der Waals surface area contributed by atoms with Gasteiger partial charge in [0.15, 0.2) is 11.5 Å². The number of hydrogen-bond acceptors (Lipinski definition) is 5. The molecule has 2 aromatic carbocycles. The Kier molecular flexibility index (Phi) is 6.68. The molecule has 0 saturated heterocycles. The number of carbonyl (C=O) groups is 1. The molecule has 0 aromatic heterocycles. The summed E-state index contributed by atoms with van der Waals surface area (Å²) >= 11 is 0. The monoisotopic (exact) mass is 392 g/mol. The third kappa shape index (κ3) is 5.89. The Morgan fingerprint density at radius 1 is 1.04 bits per heavy atom. The molecular weight excluding hydrogens is 368 g/mol. The summed E-state index contributed by atoms with van der Waals surface area (Å²) in [4.78, 5) is 12.4. The van der Waals surface area contributed by atoms with Crippen LogP contribution < -0.4 is 19.5 Å². The lowest BCUT2D eigenvalue weighted by molar-refractivity contribution is 0.0954. The molecule has 0 radical (unpaired) electrons. The number of hydrogen-bond donors (Lipinski definition) is 2. The summed E-state index contributed by atoms with van der Waals surface area (Å²) in [6.07, 6.45) is 1.69. The van der Waals surface area contributed by atoms with Gasteiger partial charge in [0, 0.05) is 12.1 Å². The van der Waals surface area contributed by atoms with Crippen LogP contribution in [0.1, 0.15) is 21.5 Å². The molecule has 8 heteroatoms. The minimum Gasteiger partial charge on any atom is -0.493 e. The van der Waals surface area contributed by atoms with Crippen molar-refractivity contribution >= 4 is 21.6 Å². The summed E-state index contributed by atoms with van der Waals surface area (Å²) in [5.41, 5.74) is 2.52. The number of methoxy groups -OCH3 is 2. The van der Waals surface area contributed by atoms with Crippen LogP contribution in [-0.4, -0.2) is 41.3 Å². The molecule has 7 nitrogen and oxygen atoms in total. The van der Waals surface area contributed by atoms with Crippen molar-refractivity contribution in [2.75, 3.05) is 31.7 Å². The Morgan fingerprint density at radius 2 is 1.74 bits per heavy atom. The van der Waals surface area contributed by atoms with Gasteiger partial charge in [-0.2, -0.15) is 0 Å². The van der Waals surface area contributed by atoms with E-state index in [-0.39, 0.29) is 5.91 Å². The molecule has 0 heterocycles. The number of amides is 1. The number of nitrogens with one attached hydrogen (secondary N) is 2. The summed E-state index contributed by atoms with van der Waals surface area (Å²) in [5.74, 6) is 1.01. The maximum absolute atomic E-state index is 12.4. The van der Waals surface area contributed by atoms with Gasteiger partial charge in [0.25, 0.3) is 5.91 Å². The standard InChI is InChI=1S/C19H24N2O5S/c1-13-5-7-15(12-16(13)21-27(4,23)24)19(22)20-10-9-14-6-8-17(25-2)18(11-14)26-3/h5-8,11-12,21H,9-10H2,1-4H3,(H,20,22). The van der Waals surface area contributed by atoms with Gasteiger partial charge in [-0.15, -0.1) is 0 Å². The second kappa shape index (κ2) is 8.77. The van der Waals surface area contributed by atoms with E-state index < -0.39 is 10.0 Å². The Morgan fingerprint density at radius 3 is 2.37 bits per heavy atom. The van der Waals surface area contributed by atoms with Crippen LogP contribution in [0.3, 0.4) is 0 Å². The first-order valence-electron chi connectivity index (χ1n) is 8.31. The SMILES string of the molecule is COc1ccc(CCNC(=O)c2ccc(C)c(NS(C)(=O)=O)c2)cc1OC. The van der Waals surface area contributed by atoms with E-state index in [0.29, 0.717) is 35.7 Å². The molecule has 0 bridgehead atoms. The summed E-state index contributed by atoms with van der Waals surface area (Å²) in [7, 11) is -0.263. The van der Waals surface area contributed by atoms with E-state index in [4.69, 9.17) is 9.47 Å². The van der Waals surface area contributed by atoms with E-state index in [1.807, 2.05) is 18.2 Å². The fraction of sp³-hybridized carbons (Fsp3) is 0.316. The maximum atomic E-state index is 12.4. The van der Waals surface area contributed by atoms with Gasteiger partial charge in [0.1, 0.15) is 0 Å². The molecule has 0 aliphatic rings. The van der Waals surface area contributed by atoms with Crippen LogP contribution >= 0.6 is 0 Å². The third-order valence-electron chi connectivity index (χ3n) is 3.94. The van der Waals surface area contributed by atoms with Crippen LogP contribution in [0.2, 0.25) is 0 Å². The number of rotatable bonds is 8. The zero-order chi connectivity index (χ0) is 20.0. The second-order valence-corrected chi connectivity index (χ2v) is 7.85. The van der Waals surface area contributed by atoms with Gasteiger partial charge in [-0.05, 0) is 48.7 Å². The fourth-order valence-electron chi connectivity index (χ4n) is 2.53. The van der Waals surface area contributed by atoms with E-state index in [0.717, 1.165) is 17.4 Å². The van der Waals surface area contributed by atoms with Crippen LogP contribution in [0, 0.1) is 6.92 Å². The molecule has 27 heavy (non-hydrogen) atoms. The Hall–Kier alpha value is -2.74. The highest BCUT2D eigenvalue weighted by atomic mass is 32.2. The predicted molar refractivity (Wildman–Crippen MR) is 105 cm³/mol. The molecule has 2 N–H and O–H groups in total. The first-order chi connectivity index (χ1) is 12.7. The molecule has 0 unspecified atom stereocenters. The van der Waals surface area contributed by atoms with E-state index in [2.05, 4.69) is 10.0 Å². The molecule has 0 saturated carbocycles. The lowest BCUT2D eigenvalue weighted by Gasteiger charge is -2.11. The van der Waals surface area contributed by atoms with Crippen LogP contribution in [-0.2, 0) is 16.4 Å². The van der Waals surface area contributed by atoms with Crippen molar-refractivity contribution in [3.05, 3.63) is 53.1 Å². The topological polar surface area (TPSA) is 93.7 Å². The zero-order valence-corrected chi connectivity index (χ0v) is 16.6. The van der Waals surface area contributed by atoms with Gasteiger partial charge < -0.3 is 14.8 Å². The van der Waals surface area contributed by atoms with E-state index in [1.165, 1.54) is 6.07 Å². The Bertz CT molecular complexity index is 926. The average molecular weight is 392 g/mol. The lowest BCUT2D eigenvalue weighted by Crippen LogP contribution is -2.26. The van der Waals surface area contributed by atoms with Gasteiger partial charge in [0.05, 0.1) is 26.2 Å². The van der Waals surface area contributed by atoms with Gasteiger partial charge >= 0.3 is 0 Å². The summed E-state index contributed by atoms with van der Waals surface area (Å²) in [6, 6.07) is 10.5. The largest absolute Gasteiger partial charge is 0.493 e. The molecule has 1 amide bonds. The normalized spacial score (nSPS) is 11.0. The van der Waals surface area contributed by atoms with Crippen LogP contribution in [0.15, 0.2) is 36.4 Å². The van der Waals surface area contributed by atoms with Crippen molar-refractivity contribution in [2.24, 2.45) is 0 Å². The van der Waals surface area contributed by atoms with E-state index in [1.54, 1.807) is 33.3 Å². The highest BCUT2D eigenvalue weighted by molar-refractivity contribution is 7.92. The lowest BCUT2D eigenvalue weighted by atomic mass is 10.1. The molecule has 2 rings (SSSR count). The molecule has 0 spiro atoms. The third-order valence-corrected chi connectivity index (χ3v) is 4.53. The quantitative estimate of drug-likeness (QED) is 0.719. The summed E-state index contributed by atoms with van der Waals surface area (Å²) in [6.45, 7) is 2.20. The van der Waals surface area contributed by atoms with Crippen molar-refractivity contribution in [1.82, 2.24) is 5.32 Å². The van der Waals surface area contributed by atoms with Crippen LogP contribution in [0.4, 0.5) is 5.69 Å².